The van der Waals surface area contributed by atoms with Gasteiger partial charge in [-0.2, -0.15) is 0 Å². The van der Waals surface area contributed by atoms with E-state index in [1.165, 1.54) is 0 Å². The maximum Gasteiger partial charge on any atom is 0.303 e. The normalized spacial score (nSPS) is 11.4. The Morgan fingerprint density at radius 3 is 2.50 bits per heavy atom. The number of nitrogens with zero attached hydrogens (tertiary/aromatic N) is 2. The monoisotopic (exact) mass is 504 g/mol. The van der Waals surface area contributed by atoms with Gasteiger partial charge in [0, 0.05) is 6.42 Å². The summed E-state index contributed by atoms with van der Waals surface area (Å²) in [7, 11) is 0. The Morgan fingerprint density at radius 1 is 1.00 bits per heavy atom. The third-order valence-electron chi connectivity index (χ3n) is 5.49. The van der Waals surface area contributed by atoms with E-state index in [0.29, 0.717) is 31.9 Å². The van der Waals surface area contributed by atoms with Crippen LogP contribution in [0.15, 0.2) is 81.7 Å². The van der Waals surface area contributed by atoms with Gasteiger partial charge in [0.05, 0.1) is 10.6 Å². The number of rotatable bonds is 13. The first-order chi connectivity index (χ1) is 17.6. The Kier molecular flexibility index (Phi) is 8.88. The summed E-state index contributed by atoms with van der Waals surface area (Å²) in [5.41, 5.74) is 3.52. The molecule has 0 spiro atoms. The lowest BCUT2D eigenvalue weighted by atomic mass is 10.0. The lowest BCUT2D eigenvalue weighted by molar-refractivity contribution is -0.137. The van der Waals surface area contributed by atoms with Crippen LogP contribution in [0, 0.1) is 6.92 Å². The van der Waals surface area contributed by atoms with Crippen LogP contribution in [0.1, 0.15) is 48.3 Å². The second-order valence-corrected chi connectivity index (χ2v) is 9.16. The van der Waals surface area contributed by atoms with Gasteiger partial charge in [-0.25, -0.2) is 4.98 Å². The number of aromatic nitrogens is 1. The van der Waals surface area contributed by atoms with Crippen molar-refractivity contribution in [3.05, 3.63) is 94.7 Å². The number of oxime groups is 1. The fourth-order valence-electron chi connectivity index (χ4n) is 3.53. The third-order valence-corrected chi connectivity index (χ3v) is 6.35. The van der Waals surface area contributed by atoms with Gasteiger partial charge in [0.25, 0.3) is 0 Å². The molecule has 4 rings (SSSR count). The fourth-order valence-corrected chi connectivity index (χ4v) is 4.18. The minimum atomic E-state index is -0.781. The first-order valence-corrected chi connectivity index (χ1v) is 12.6. The molecular formula is C28H28N2O5S. The zero-order valence-electron chi connectivity index (χ0n) is 20.1. The summed E-state index contributed by atoms with van der Waals surface area (Å²) in [6.07, 6.45) is 2.14. The van der Waals surface area contributed by atoms with E-state index >= 15 is 0 Å². The zero-order valence-corrected chi connectivity index (χ0v) is 20.9. The number of ether oxygens (including phenoxy) is 1. The molecule has 8 heteroatoms. The van der Waals surface area contributed by atoms with Crippen LogP contribution >= 0.6 is 11.3 Å². The molecule has 1 N–H and O–H groups in total. The number of unbranched alkanes of at least 4 members (excludes halogenated alkanes) is 1. The van der Waals surface area contributed by atoms with Gasteiger partial charge < -0.3 is 19.1 Å². The molecule has 0 bridgehead atoms. The molecule has 0 aliphatic heterocycles. The highest BCUT2D eigenvalue weighted by Gasteiger charge is 2.13. The smallest absolute Gasteiger partial charge is 0.303 e. The summed E-state index contributed by atoms with van der Waals surface area (Å²) in [5.74, 6) is 1.31. The number of carboxylic acid groups (broad SMARTS) is 1. The van der Waals surface area contributed by atoms with Gasteiger partial charge in [-0.15, -0.1) is 11.3 Å². The van der Waals surface area contributed by atoms with E-state index in [-0.39, 0.29) is 6.42 Å². The van der Waals surface area contributed by atoms with Crippen molar-refractivity contribution in [1.29, 1.82) is 0 Å². The van der Waals surface area contributed by atoms with Crippen LogP contribution in [0.4, 0.5) is 0 Å². The summed E-state index contributed by atoms with van der Waals surface area (Å²) in [5, 5.41) is 15.2. The number of hydrogen-bond donors (Lipinski definition) is 1. The van der Waals surface area contributed by atoms with Gasteiger partial charge in [-0.05, 0) is 60.9 Å². The average molecular weight is 505 g/mol. The van der Waals surface area contributed by atoms with E-state index in [1.54, 1.807) is 11.3 Å². The number of carbonyl (C=O) groups is 1. The molecule has 0 aliphatic carbocycles. The van der Waals surface area contributed by atoms with Gasteiger partial charge in [0.2, 0.25) is 5.89 Å². The van der Waals surface area contributed by atoms with Crippen LogP contribution in [0.3, 0.4) is 0 Å². The Bertz CT molecular complexity index is 1270. The zero-order chi connectivity index (χ0) is 25.2. The minimum Gasteiger partial charge on any atom is -0.487 e. The van der Waals surface area contributed by atoms with E-state index in [9.17, 15) is 4.79 Å². The van der Waals surface area contributed by atoms with Crippen molar-refractivity contribution >= 4 is 23.0 Å². The lowest BCUT2D eigenvalue weighted by Gasteiger charge is -2.08. The molecule has 0 unspecified atom stereocenters. The van der Waals surface area contributed by atoms with E-state index in [4.69, 9.17) is 19.1 Å². The number of benzene rings is 2. The van der Waals surface area contributed by atoms with Crippen molar-refractivity contribution < 1.29 is 23.9 Å². The van der Waals surface area contributed by atoms with E-state index in [1.807, 2.05) is 79.0 Å². The summed E-state index contributed by atoms with van der Waals surface area (Å²) < 4.78 is 11.7. The SMILES string of the molecule is Cc1oc(-c2cccs2)nc1COc1ccc(CON=C(CCCCC(=O)O)c2ccccc2)cc1. The van der Waals surface area contributed by atoms with Crippen LogP contribution in [-0.2, 0) is 22.8 Å². The van der Waals surface area contributed by atoms with Crippen molar-refractivity contribution in [2.24, 2.45) is 5.16 Å². The van der Waals surface area contributed by atoms with Crippen LogP contribution in [0.25, 0.3) is 10.8 Å². The van der Waals surface area contributed by atoms with Crippen molar-refractivity contribution in [2.75, 3.05) is 0 Å². The molecule has 0 radical (unpaired) electrons. The molecule has 36 heavy (non-hydrogen) atoms. The summed E-state index contributed by atoms with van der Waals surface area (Å²) >= 11 is 1.59. The van der Waals surface area contributed by atoms with E-state index in [2.05, 4.69) is 10.1 Å². The lowest BCUT2D eigenvalue weighted by Crippen LogP contribution is -2.03. The number of thiophene rings is 1. The highest BCUT2D eigenvalue weighted by molar-refractivity contribution is 7.13. The molecule has 186 valence electrons. The summed E-state index contributed by atoms with van der Waals surface area (Å²) in [4.78, 5) is 22.0. The van der Waals surface area contributed by atoms with Crippen molar-refractivity contribution in [3.8, 4) is 16.5 Å². The summed E-state index contributed by atoms with van der Waals surface area (Å²) in [6.45, 7) is 2.53. The molecule has 7 nitrogen and oxygen atoms in total. The Labute approximate surface area is 214 Å². The van der Waals surface area contributed by atoms with Gasteiger partial charge in [-0.1, -0.05) is 53.7 Å². The topological polar surface area (TPSA) is 94.2 Å². The first kappa shape index (κ1) is 25.2. The number of aliphatic carboxylic acids is 1. The maximum atomic E-state index is 10.8. The third kappa shape index (κ3) is 7.29. The molecule has 0 aliphatic rings. The van der Waals surface area contributed by atoms with Gasteiger partial charge >= 0.3 is 5.97 Å². The van der Waals surface area contributed by atoms with Crippen molar-refractivity contribution in [1.82, 2.24) is 4.98 Å². The molecule has 0 saturated carbocycles. The van der Waals surface area contributed by atoms with Crippen molar-refractivity contribution in [3.63, 3.8) is 0 Å². The molecule has 0 saturated heterocycles. The summed E-state index contributed by atoms with van der Waals surface area (Å²) in [6, 6.07) is 21.4. The standard InChI is InChI=1S/C28H28N2O5S/c1-20-25(29-28(35-20)26-11-7-17-36-26)19-33-23-15-13-21(14-16-23)18-34-30-24(10-5-6-12-27(31)32)22-8-3-2-4-9-22/h2-4,7-9,11,13-17H,5-6,10,12,18-19H2,1H3,(H,31,32). The molecule has 0 fully saturated rings. The molecular weight excluding hydrogens is 476 g/mol. The van der Waals surface area contributed by atoms with Crippen LogP contribution in [-0.4, -0.2) is 21.8 Å². The number of oxazole rings is 1. The number of aryl methyl sites for hydroxylation is 1. The van der Waals surface area contributed by atoms with Crippen LogP contribution in [0.5, 0.6) is 5.75 Å². The highest BCUT2D eigenvalue weighted by atomic mass is 32.1. The van der Waals surface area contributed by atoms with Crippen molar-refractivity contribution in [2.45, 2.75) is 45.8 Å². The molecule has 2 aromatic carbocycles. The van der Waals surface area contributed by atoms with Gasteiger partial charge in [0.1, 0.15) is 30.4 Å². The Morgan fingerprint density at radius 2 is 1.78 bits per heavy atom. The average Bonchev–Trinajstić information content (AvgIpc) is 3.55. The van der Waals surface area contributed by atoms with E-state index in [0.717, 1.165) is 45.3 Å². The molecule has 0 atom stereocenters. The molecule has 2 aromatic heterocycles. The van der Waals surface area contributed by atoms with Gasteiger partial charge in [0.15, 0.2) is 0 Å². The highest BCUT2D eigenvalue weighted by Crippen LogP contribution is 2.26. The first-order valence-electron chi connectivity index (χ1n) is 11.8. The minimum absolute atomic E-state index is 0.156. The number of carboxylic acids is 1. The molecule has 4 aromatic rings. The second kappa shape index (κ2) is 12.7. The quantitative estimate of drug-likeness (QED) is 0.121. The Balaban J connectivity index is 1.30. The maximum absolute atomic E-state index is 10.8. The van der Waals surface area contributed by atoms with Crippen LogP contribution in [0.2, 0.25) is 0 Å². The second-order valence-electron chi connectivity index (χ2n) is 8.21. The molecule has 2 heterocycles. The largest absolute Gasteiger partial charge is 0.487 e. The van der Waals surface area contributed by atoms with Gasteiger partial charge in [-0.3, -0.25) is 4.79 Å². The fraction of sp³-hybridized carbons (Fsp3) is 0.250. The predicted octanol–water partition coefficient (Wildman–Crippen LogP) is 6.86. The van der Waals surface area contributed by atoms with Crippen LogP contribution < -0.4 is 4.74 Å². The predicted molar refractivity (Wildman–Crippen MR) is 139 cm³/mol. The van der Waals surface area contributed by atoms with E-state index < -0.39 is 5.97 Å². The number of hydrogen-bond acceptors (Lipinski definition) is 7. The Hall–Kier alpha value is -3.91. The molecule has 0 amide bonds.